The average molecular weight is 176 g/mol. The van der Waals surface area contributed by atoms with Crippen LogP contribution in [0, 0.1) is 0 Å². The number of carbonyl (C=O) groups is 2. The molecule has 0 aromatic rings. The molecule has 0 amide bonds. The SMILES string of the molecule is O=C[C@@H]1OC(=O)[C@@H](O)[C@H](O)[C@@H]1O. The van der Waals surface area contributed by atoms with Gasteiger partial charge < -0.3 is 20.1 Å². The lowest BCUT2D eigenvalue weighted by atomic mass is 10.0. The van der Waals surface area contributed by atoms with Crippen molar-refractivity contribution in [3.05, 3.63) is 0 Å². The molecular weight excluding hydrogens is 168 g/mol. The number of esters is 1. The first-order valence-electron chi connectivity index (χ1n) is 3.28. The Kier molecular flexibility index (Phi) is 2.41. The van der Waals surface area contributed by atoms with E-state index in [1.54, 1.807) is 0 Å². The summed E-state index contributed by atoms with van der Waals surface area (Å²) in [5.41, 5.74) is 0. The molecule has 1 saturated heterocycles. The van der Waals surface area contributed by atoms with Gasteiger partial charge >= 0.3 is 5.97 Å². The fourth-order valence-corrected chi connectivity index (χ4v) is 0.902. The van der Waals surface area contributed by atoms with Crippen LogP contribution >= 0.6 is 0 Å². The summed E-state index contributed by atoms with van der Waals surface area (Å²) in [4.78, 5) is 20.8. The first-order valence-corrected chi connectivity index (χ1v) is 3.28. The monoisotopic (exact) mass is 176 g/mol. The highest BCUT2D eigenvalue weighted by Gasteiger charge is 2.43. The van der Waals surface area contributed by atoms with Crippen LogP contribution in [0.25, 0.3) is 0 Å². The number of hydrogen-bond donors (Lipinski definition) is 3. The van der Waals surface area contributed by atoms with Crippen LogP contribution in [0.1, 0.15) is 0 Å². The van der Waals surface area contributed by atoms with E-state index in [0.29, 0.717) is 0 Å². The Hall–Kier alpha value is -0.980. The van der Waals surface area contributed by atoms with Gasteiger partial charge in [-0.3, -0.25) is 4.79 Å². The highest BCUT2D eigenvalue weighted by molar-refractivity contribution is 5.79. The molecule has 0 unspecified atom stereocenters. The zero-order valence-corrected chi connectivity index (χ0v) is 5.95. The fraction of sp³-hybridized carbons (Fsp3) is 0.667. The van der Waals surface area contributed by atoms with E-state index in [1.807, 2.05) is 0 Å². The minimum Gasteiger partial charge on any atom is -0.450 e. The normalized spacial score (nSPS) is 42.1. The molecule has 1 fully saturated rings. The second kappa shape index (κ2) is 3.18. The molecule has 1 rings (SSSR count). The molecule has 0 aliphatic carbocycles. The van der Waals surface area contributed by atoms with Crippen molar-refractivity contribution < 1.29 is 29.6 Å². The van der Waals surface area contributed by atoms with Crippen LogP contribution < -0.4 is 0 Å². The van der Waals surface area contributed by atoms with E-state index in [0.717, 1.165) is 0 Å². The third-order valence-corrected chi connectivity index (χ3v) is 1.64. The van der Waals surface area contributed by atoms with Crippen LogP contribution in [0.15, 0.2) is 0 Å². The van der Waals surface area contributed by atoms with Crippen LogP contribution in [0.2, 0.25) is 0 Å². The number of ether oxygens (including phenoxy) is 1. The summed E-state index contributed by atoms with van der Waals surface area (Å²) in [5.74, 6) is -1.11. The van der Waals surface area contributed by atoms with Gasteiger partial charge in [-0.15, -0.1) is 0 Å². The van der Waals surface area contributed by atoms with E-state index >= 15 is 0 Å². The molecule has 0 aromatic carbocycles. The summed E-state index contributed by atoms with van der Waals surface area (Å²) in [7, 11) is 0. The van der Waals surface area contributed by atoms with Crippen molar-refractivity contribution in [1.29, 1.82) is 0 Å². The molecule has 1 aliphatic heterocycles. The number of carbonyl (C=O) groups excluding carboxylic acids is 2. The Morgan fingerprint density at radius 3 is 2.33 bits per heavy atom. The predicted molar refractivity (Wildman–Crippen MR) is 34.0 cm³/mol. The first kappa shape index (κ1) is 9.11. The van der Waals surface area contributed by atoms with Crippen molar-refractivity contribution in [1.82, 2.24) is 0 Å². The van der Waals surface area contributed by atoms with E-state index in [9.17, 15) is 9.59 Å². The van der Waals surface area contributed by atoms with E-state index in [-0.39, 0.29) is 6.29 Å². The predicted octanol–water partition coefficient (Wildman–Crippen LogP) is -2.81. The van der Waals surface area contributed by atoms with Crippen molar-refractivity contribution in [2.24, 2.45) is 0 Å². The molecule has 0 spiro atoms. The molecule has 68 valence electrons. The minimum absolute atomic E-state index is 0.192. The molecule has 6 heteroatoms. The summed E-state index contributed by atoms with van der Waals surface area (Å²) in [6, 6.07) is 0. The zero-order chi connectivity index (χ0) is 9.30. The summed E-state index contributed by atoms with van der Waals surface area (Å²) >= 11 is 0. The number of aliphatic hydroxyl groups is 3. The number of hydrogen-bond acceptors (Lipinski definition) is 6. The van der Waals surface area contributed by atoms with Crippen molar-refractivity contribution >= 4 is 12.3 Å². The van der Waals surface area contributed by atoms with Crippen LogP contribution in [-0.2, 0) is 14.3 Å². The average Bonchev–Trinajstić information content (AvgIpc) is 2.08. The van der Waals surface area contributed by atoms with Crippen molar-refractivity contribution in [3.63, 3.8) is 0 Å². The van der Waals surface area contributed by atoms with Gasteiger partial charge in [-0.2, -0.15) is 0 Å². The summed E-state index contributed by atoms with van der Waals surface area (Å²) in [6.07, 6.45) is -6.21. The Morgan fingerprint density at radius 2 is 1.83 bits per heavy atom. The maximum Gasteiger partial charge on any atom is 0.338 e. The van der Waals surface area contributed by atoms with Gasteiger partial charge in [0.05, 0.1) is 0 Å². The lowest BCUT2D eigenvalue weighted by Gasteiger charge is -2.31. The molecule has 6 nitrogen and oxygen atoms in total. The van der Waals surface area contributed by atoms with Gasteiger partial charge in [0.2, 0.25) is 0 Å². The summed E-state index contributed by atoms with van der Waals surface area (Å²) in [5, 5.41) is 26.8. The Bertz CT molecular complexity index is 200. The third-order valence-electron chi connectivity index (χ3n) is 1.64. The standard InChI is InChI=1S/C6H8O6/c7-1-2-3(8)4(9)5(10)6(11)12-2/h1-5,8-10H/t2-,3+,4+,5-/m0/s1. The number of cyclic esters (lactones) is 1. The molecule has 12 heavy (non-hydrogen) atoms. The molecule has 1 heterocycles. The maximum absolute atomic E-state index is 10.6. The van der Waals surface area contributed by atoms with Crippen LogP contribution in [-0.4, -0.2) is 52.0 Å². The number of aliphatic hydroxyl groups excluding tert-OH is 3. The maximum atomic E-state index is 10.6. The molecule has 0 bridgehead atoms. The Balaban J connectivity index is 2.76. The first-order chi connectivity index (χ1) is 5.57. The van der Waals surface area contributed by atoms with Gasteiger partial charge in [-0.25, -0.2) is 4.79 Å². The highest BCUT2D eigenvalue weighted by atomic mass is 16.6. The van der Waals surface area contributed by atoms with Gasteiger partial charge in [-0.1, -0.05) is 0 Å². The second-order valence-corrected chi connectivity index (χ2v) is 2.46. The number of rotatable bonds is 1. The van der Waals surface area contributed by atoms with Gasteiger partial charge in [0.1, 0.15) is 12.2 Å². The lowest BCUT2D eigenvalue weighted by molar-refractivity contribution is -0.200. The van der Waals surface area contributed by atoms with Gasteiger partial charge in [0.15, 0.2) is 18.5 Å². The van der Waals surface area contributed by atoms with Gasteiger partial charge in [0, 0.05) is 0 Å². The Morgan fingerprint density at radius 1 is 1.25 bits per heavy atom. The zero-order valence-electron chi connectivity index (χ0n) is 5.95. The topological polar surface area (TPSA) is 104 Å². The molecule has 3 N–H and O–H groups in total. The van der Waals surface area contributed by atoms with E-state index < -0.39 is 30.4 Å². The van der Waals surface area contributed by atoms with Crippen molar-refractivity contribution in [3.8, 4) is 0 Å². The molecule has 1 aliphatic rings. The quantitative estimate of drug-likeness (QED) is 0.294. The molecular formula is C6H8O6. The smallest absolute Gasteiger partial charge is 0.338 e. The third kappa shape index (κ3) is 1.31. The van der Waals surface area contributed by atoms with Crippen molar-refractivity contribution in [2.45, 2.75) is 24.4 Å². The minimum atomic E-state index is -1.78. The lowest BCUT2D eigenvalue weighted by Crippen LogP contribution is -2.56. The van der Waals surface area contributed by atoms with Crippen LogP contribution in [0.5, 0.6) is 0 Å². The van der Waals surface area contributed by atoms with Crippen LogP contribution in [0.4, 0.5) is 0 Å². The van der Waals surface area contributed by atoms with Gasteiger partial charge in [0.25, 0.3) is 0 Å². The van der Waals surface area contributed by atoms with E-state index in [4.69, 9.17) is 15.3 Å². The second-order valence-electron chi connectivity index (χ2n) is 2.46. The molecule has 0 saturated carbocycles. The molecule has 0 radical (unpaired) electrons. The van der Waals surface area contributed by atoms with E-state index in [2.05, 4.69) is 4.74 Å². The Labute approximate surface area is 67.4 Å². The van der Waals surface area contributed by atoms with Crippen LogP contribution in [0.3, 0.4) is 0 Å². The van der Waals surface area contributed by atoms with Crippen molar-refractivity contribution in [2.75, 3.05) is 0 Å². The molecule has 4 atom stereocenters. The fourth-order valence-electron chi connectivity index (χ4n) is 0.902. The largest absolute Gasteiger partial charge is 0.450 e. The van der Waals surface area contributed by atoms with E-state index in [1.165, 1.54) is 0 Å². The van der Waals surface area contributed by atoms with Gasteiger partial charge in [-0.05, 0) is 0 Å². The summed E-state index contributed by atoms with van der Waals surface area (Å²) in [6.45, 7) is 0. The summed E-state index contributed by atoms with van der Waals surface area (Å²) < 4.78 is 4.26. The number of aldehydes is 1. The highest BCUT2D eigenvalue weighted by Crippen LogP contribution is 2.14. The molecule has 0 aromatic heterocycles.